The van der Waals surface area contributed by atoms with Crippen LogP contribution in [-0.2, 0) is 32.2 Å². The van der Waals surface area contributed by atoms with Crippen LogP contribution in [0.25, 0.3) is 0 Å². The van der Waals surface area contributed by atoms with E-state index in [1.54, 1.807) is 25.7 Å². The van der Waals surface area contributed by atoms with Crippen LogP contribution in [-0.4, -0.2) is 74.6 Å². The van der Waals surface area contributed by atoms with Crippen molar-refractivity contribution in [1.29, 1.82) is 0 Å². The van der Waals surface area contributed by atoms with E-state index in [1.807, 2.05) is 24.3 Å². The third-order valence-electron chi connectivity index (χ3n) is 8.71. The Hall–Kier alpha value is -3.40. The minimum atomic E-state index is -1.35. The third-order valence-corrected chi connectivity index (χ3v) is 8.71. The fourth-order valence-corrected chi connectivity index (χ4v) is 6.41. The maximum atomic E-state index is 14.1. The molecule has 3 N–H and O–H groups in total. The summed E-state index contributed by atoms with van der Waals surface area (Å²) in [5, 5.41) is 15.7. The van der Waals surface area contributed by atoms with Gasteiger partial charge >= 0.3 is 12.1 Å². The van der Waals surface area contributed by atoms with Gasteiger partial charge in [0.15, 0.2) is 0 Å². The molecule has 1 saturated heterocycles. The number of carboxylic acids is 1. The highest BCUT2D eigenvalue weighted by Crippen LogP contribution is 2.45. The Morgan fingerprint density at radius 1 is 1.10 bits per heavy atom. The second kappa shape index (κ2) is 11.5. The number of aliphatic carboxylic acids is 1. The van der Waals surface area contributed by atoms with Gasteiger partial charge in [0, 0.05) is 31.6 Å². The summed E-state index contributed by atoms with van der Waals surface area (Å²) in [6.07, 6.45) is 7.61. The number of nitrogens with zero attached hydrogens (tertiary/aromatic N) is 2. The van der Waals surface area contributed by atoms with Gasteiger partial charge < -0.3 is 25.4 Å². The van der Waals surface area contributed by atoms with Crippen molar-refractivity contribution in [2.24, 2.45) is 5.92 Å². The predicted octanol–water partition coefficient (Wildman–Crippen LogP) is 3.34. The molecule has 0 radical (unpaired) electrons. The van der Waals surface area contributed by atoms with E-state index in [9.17, 15) is 24.3 Å². The number of amides is 3. The summed E-state index contributed by atoms with van der Waals surface area (Å²) in [6, 6.07) is 6.44. The van der Waals surface area contributed by atoms with Gasteiger partial charge in [-0.05, 0) is 64.0 Å². The number of benzene rings is 1. The molecule has 10 heteroatoms. The summed E-state index contributed by atoms with van der Waals surface area (Å²) in [4.78, 5) is 56.8. The Morgan fingerprint density at radius 2 is 1.80 bits per heavy atom. The molecule has 222 valence electrons. The van der Waals surface area contributed by atoms with Gasteiger partial charge in [0.1, 0.15) is 23.2 Å². The molecule has 10 nitrogen and oxygen atoms in total. The van der Waals surface area contributed by atoms with E-state index in [0.29, 0.717) is 25.8 Å². The van der Waals surface area contributed by atoms with Gasteiger partial charge in [-0.3, -0.25) is 14.5 Å². The number of carbonyl (C=O) groups excluding carboxylic acids is 3. The first-order chi connectivity index (χ1) is 19.5. The summed E-state index contributed by atoms with van der Waals surface area (Å²) in [6.45, 7) is 7.07. The number of rotatable bonds is 3. The average Bonchev–Trinajstić information content (AvgIpc) is 3.23. The van der Waals surface area contributed by atoms with Gasteiger partial charge in [-0.2, -0.15) is 0 Å². The highest BCUT2D eigenvalue weighted by atomic mass is 16.6. The molecule has 1 aromatic rings. The molecule has 4 unspecified atom stereocenters. The van der Waals surface area contributed by atoms with Gasteiger partial charge in [-0.15, -0.1) is 0 Å². The molecular formula is C31H42N4O6. The monoisotopic (exact) mass is 566 g/mol. The highest BCUT2D eigenvalue weighted by molar-refractivity contribution is 5.96. The second-order valence-corrected chi connectivity index (χ2v) is 12.9. The zero-order valence-corrected chi connectivity index (χ0v) is 24.2. The lowest BCUT2D eigenvalue weighted by molar-refractivity contribution is -0.145. The van der Waals surface area contributed by atoms with E-state index < -0.39 is 41.2 Å². The smallest absolute Gasteiger partial charge is 0.408 e. The molecule has 1 saturated carbocycles. The van der Waals surface area contributed by atoms with Crippen molar-refractivity contribution in [2.45, 2.75) is 108 Å². The van der Waals surface area contributed by atoms with E-state index >= 15 is 0 Å². The first kappa shape index (κ1) is 29.1. The maximum absolute atomic E-state index is 14.1. The van der Waals surface area contributed by atoms with Crippen LogP contribution in [0.5, 0.6) is 0 Å². The molecule has 1 aliphatic carbocycles. The van der Waals surface area contributed by atoms with Crippen LogP contribution >= 0.6 is 0 Å². The Morgan fingerprint density at radius 3 is 2.46 bits per heavy atom. The largest absolute Gasteiger partial charge is 0.479 e. The van der Waals surface area contributed by atoms with Crippen LogP contribution in [0, 0.1) is 5.92 Å². The first-order valence-corrected chi connectivity index (χ1v) is 14.8. The van der Waals surface area contributed by atoms with Gasteiger partial charge in [0.2, 0.25) is 11.8 Å². The Balaban J connectivity index is 1.41. The van der Waals surface area contributed by atoms with Crippen molar-refractivity contribution in [3.05, 3.63) is 47.5 Å². The van der Waals surface area contributed by atoms with Gasteiger partial charge in [0.05, 0.1) is 0 Å². The zero-order chi connectivity index (χ0) is 29.4. The quantitative estimate of drug-likeness (QED) is 0.479. The molecule has 0 aromatic heterocycles. The topological polar surface area (TPSA) is 128 Å². The van der Waals surface area contributed by atoms with Crippen LogP contribution in [0.15, 0.2) is 36.4 Å². The molecule has 5 rings (SSSR count). The van der Waals surface area contributed by atoms with Gasteiger partial charge in [-0.25, -0.2) is 9.59 Å². The fourth-order valence-electron chi connectivity index (χ4n) is 6.41. The minimum Gasteiger partial charge on any atom is -0.479 e. The lowest BCUT2D eigenvalue weighted by Gasteiger charge is -2.30. The van der Waals surface area contributed by atoms with E-state index in [4.69, 9.17) is 4.74 Å². The second-order valence-electron chi connectivity index (χ2n) is 12.9. The highest BCUT2D eigenvalue weighted by Gasteiger charge is 2.61. The summed E-state index contributed by atoms with van der Waals surface area (Å²) < 4.78 is 5.46. The molecule has 3 amide bonds. The number of hydrogen-bond donors (Lipinski definition) is 3. The van der Waals surface area contributed by atoms with Crippen molar-refractivity contribution < 1.29 is 29.0 Å². The summed E-state index contributed by atoms with van der Waals surface area (Å²) in [7, 11) is 0. The van der Waals surface area contributed by atoms with Crippen molar-refractivity contribution >= 4 is 23.9 Å². The van der Waals surface area contributed by atoms with Crippen molar-refractivity contribution in [3.8, 4) is 0 Å². The Kier molecular flexibility index (Phi) is 8.14. The third kappa shape index (κ3) is 6.42. The molecule has 1 aromatic carbocycles. The standard InChI is InChI=1S/C31H42N4O6/c1-30(2,3)41-29(40)32-24-14-8-6-4-5-7-13-22-16-31(22,28(38)39)33-26(36)25-15-23(19-35(25)27(24)37)34-17-20-11-9-10-12-21(20)18-34/h7,9-13,22-25H,4-6,8,14-19H2,1-3H3,(H,32,40)(H,33,36)(H,38,39)/b13-7+/t22?,23-,24?,25?,31?/m1/s1. The Labute approximate surface area is 241 Å². The van der Waals surface area contributed by atoms with Crippen LogP contribution < -0.4 is 10.6 Å². The molecular weight excluding hydrogens is 524 g/mol. The number of hydrogen-bond acceptors (Lipinski definition) is 6. The lowest BCUT2D eigenvalue weighted by Crippen LogP contribution is -2.56. The van der Waals surface area contributed by atoms with Crippen molar-refractivity contribution in [1.82, 2.24) is 20.4 Å². The Bertz CT molecular complexity index is 1200. The zero-order valence-electron chi connectivity index (χ0n) is 24.2. The van der Waals surface area contributed by atoms with Crippen LogP contribution in [0.2, 0.25) is 0 Å². The van der Waals surface area contributed by atoms with E-state index in [-0.39, 0.29) is 17.9 Å². The molecule has 3 heterocycles. The number of ether oxygens (including phenoxy) is 1. The number of allylic oxidation sites excluding steroid dienone is 1. The molecule has 4 aliphatic rings. The summed E-state index contributed by atoms with van der Waals surface area (Å²) in [5.41, 5.74) is 0.389. The SMILES string of the molecule is CC(C)(C)OC(=O)NC1CCCCC/C=C/C2CC2(C(=O)O)NC(=O)C2C[C@@H](N3Cc4ccccc4C3)CN2C1=O. The molecule has 0 spiro atoms. The number of carboxylic acid groups (broad SMARTS) is 1. The number of alkyl carbamates (subject to hydrolysis) is 1. The predicted molar refractivity (Wildman–Crippen MR) is 152 cm³/mol. The van der Waals surface area contributed by atoms with Crippen LogP contribution in [0.4, 0.5) is 4.79 Å². The fraction of sp³-hybridized carbons (Fsp3) is 0.613. The molecule has 0 bridgehead atoms. The normalized spacial score (nSPS) is 31.5. The van der Waals surface area contributed by atoms with E-state index in [1.165, 1.54) is 11.1 Å². The molecule has 2 fully saturated rings. The van der Waals surface area contributed by atoms with Gasteiger partial charge in [0.25, 0.3) is 0 Å². The minimum absolute atomic E-state index is 0.0844. The van der Waals surface area contributed by atoms with Crippen LogP contribution in [0.1, 0.15) is 76.8 Å². The molecule has 5 atom stereocenters. The number of nitrogens with one attached hydrogen (secondary N) is 2. The van der Waals surface area contributed by atoms with E-state index in [2.05, 4.69) is 27.7 Å². The van der Waals surface area contributed by atoms with E-state index in [0.717, 1.165) is 38.8 Å². The van der Waals surface area contributed by atoms with Crippen molar-refractivity contribution in [3.63, 3.8) is 0 Å². The number of carbonyl (C=O) groups is 4. The summed E-state index contributed by atoms with van der Waals surface area (Å²) in [5.74, 6) is -2.12. The average molecular weight is 567 g/mol. The maximum Gasteiger partial charge on any atom is 0.408 e. The van der Waals surface area contributed by atoms with Gasteiger partial charge in [-0.1, -0.05) is 49.3 Å². The van der Waals surface area contributed by atoms with Crippen molar-refractivity contribution in [2.75, 3.05) is 6.54 Å². The number of fused-ring (bicyclic) bond motifs is 3. The molecule has 3 aliphatic heterocycles. The summed E-state index contributed by atoms with van der Waals surface area (Å²) >= 11 is 0. The molecule has 41 heavy (non-hydrogen) atoms. The van der Waals surface area contributed by atoms with Crippen LogP contribution in [0.3, 0.4) is 0 Å². The lowest BCUT2D eigenvalue weighted by atomic mass is 10.0. The first-order valence-electron chi connectivity index (χ1n) is 14.8.